The van der Waals surface area contributed by atoms with Gasteiger partial charge >= 0.3 is 0 Å². The highest BCUT2D eigenvalue weighted by Crippen LogP contribution is 2.32. The van der Waals surface area contributed by atoms with E-state index in [0.717, 1.165) is 19.3 Å². The SMILES string of the molecule is O=S(=O)(c1ccccc1Cl)N(CCO)C1CCC1. The van der Waals surface area contributed by atoms with Gasteiger partial charge in [-0.05, 0) is 25.0 Å². The highest BCUT2D eigenvalue weighted by molar-refractivity contribution is 7.89. The van der Waals surface area contributed by atoms with Crippen molar-refractivity contribution in [1.29, 1.82) is 0 Å². The first kappa shape index (κ1) is 13.8. The van der Waals surface area contributed by atoms with Gasteiger partial charge in [0, 0.05) is 12.6 Å². The fraction of sp³-hybridized carbons (Fsp3) is 0.500. The molecule has 0 aromatic heterocycles. The molecule has 0 amide bonds. The van der Waals surface area contributed by atoms with Gasteiger partial charge in [0.25, 0.3) is 0 Å². The van der Waals surface area contributed by atoms with Crippen LogP contribution >= 0.6 is 11.6 Å². The molecule has 0 saturated heterocycles. The molecule has 0 unspecified atom stereocenters. The number of hydrogen-bond donors (Lipinski definition) is 1. The lowest BCUT2D eigenvalue weighted by atomic mass is 9.93. The number of aliphatic hydroxyl groups excluding tert-OH is 1. The van der Waals surface area contributed by atoms with Gasteiger partial charge in [-0.15, -0.1) is 0 Å². The fourth-order valence-electron chi connectivity index (χ4n) is 2.05. The number of rotatable bonds is 5. The van der Waals surface area contributed by atoms with Gasteiger partial charge in [0.15, 0.2) is 0 Å². The lowest BCUT2D eigenvalue weighted by Gasteiger charge is -2.36. The maximum atomic E-state index is 12.5. The van der Waals surface area contributed by atoms with Gasteiger partial charge in [0.05, 0.1) is 11.6 Å². The summed E-state index contributed by atoms with van der Waals surface area (Å²) in [6.07, 6.45) is 2.73. The Morgan fingerprint density at radius 1 is 1.33 bits per heavy atom. The van der Waals surface area contributed by atoms with Gasteiger partial charge in [-0.25, -0.2) is 8.42 Å². The zero-order valence-corrected chi connectivity index (χ0v) is 11.5. The minimum atomic E-state index is -3.61. The molecular formula is C12H16ClNO3S. The normalized spacial score (nSPS) is 16.8. The maximum Gasteiger partial charge on any atom is 0.244 e. The van der Waals surface area contributed by atoms with E-state index in [-0.39, 0.29) is 29.1 Å². The van der Waals surface area contributed by atoms with E-state index < -0.39 is 10.0 Å². The smallest absolute Gasteiger partial charge is 0.244 e. The van der Waals surface area contributed by atoms with Crippen molar-refractivity contribution in [2.75, 3.05) is 13.2 Å². The molecule has 2 rings (SSSR count). The minimum Gasteiger partial charge on any atom is -0.395 e. The van der Waals surface area contributed by atoms with E-state index in [1.54, 1.807) is 18.2 Å². The summed E-state index contributed by atoms with van der Waals surface area (Å²) in [7, 11) is -3.61. The number of benzene rings is 1. The molecule has 4 nitrogen and oxygen atoms in total. The van der Waals surface area contributed by atoms with Gasteiger partial charge in [-0.2, -0.15) is 4.31 Å². The zero-order valence-electron chi connectivity index (χ0n) is 9.92. The summed E-state index contributed by atoms with van der Waals surface area (Å²) >= 11 is 5.95. The van der Waals surface area contributed by atoms with Crippen LogP contribution in [0, 0.1) is 0 Å². The molecule has 1 aliphatic rings. The molecule has 1 aromatic rings. The van der Waals surface area contributed by atoms with E-state index in [0.29, 0.717) is 0 Å². The van der Waals surface area contributed by atoms with Crippen LogP contribution in [0.15, 0.2) is 29.2 Å². The minimum absolute atomic E-state index is 0.00146. The van der Waals surface area contributed by atoms with Crippen LogP contribution in [0.4, 0.5) is 0 Å². The molecule has 18 heavy (non-hydrogen) atoms. The van der Waals surface area contributed by atoms with Crippen LogP contribution in [-0.2, 0) is 10.0 Å². The zero-order chi connectivity index (χ0) is 13.2. The van der Waals surface area contributed by atoms with Crippen molar-refractivity contribution in [3.8, 4) is 0 Å². The maximum absolute atomic E-state index is 12.5. The van der Waals surface area contributed by atoms with Crippen LogP contribution in [0.5, 0.6) is 0 Å². The molecule has 6 heteroatoms. The van der Waals surface area contributed by atoms with Gasteiger partial charge < -0.3 is 5.11 Å². The standard InChI is InChI=1S/C12H16ClNO3S/c13-11-6-1-2-7-12(11)18(16,17)14(8-9-15)10-4-3-5-10/h1-2,6-7,10,15H,3-5,8-9H2. The number of halogens is 1. The van der Waals surface area contributed by atoms with Crippen molar-refractivity contribution in [2.45, 2.75) is 30.2 Å². The Kier molecular flexibility index (Phi) is 4.27. The molecule has 1 aromatic carbocycles. The molecule has 1 fully saturated rings. The van der Waals surface area contributed by atoms with Gasteiger partial charge in [0.2, 0.25) is 10.0 Å². The van der Waals surface area contributed by atoms with E-state index in [1.165, 1.54) is 10.4 Å². The highest BCUT2D eigenvalue weighted by Gasteiger charge is 2.35. The topological polar surface area (TPSA) is 57.6 Å². The largest absolute Gasteiger partial charge is 0.395 e. The second kappa shape index (κ2) is 5.57. The van der Waals surface area contributed by atoms with E-state index in [4.69, 9.17) is 16.7 Å². The Hall–Kier alpha value is -0.620. The monoisotopic (exact) mass is 289 g/mol. The molecule has 0 bridgehead atoms. The van der Waals surface area contributed by atoms with E-state index >= 15 is 0 Å². The van der Waals surface area contributed by atoms with Crippen LogP contribution in [-0.4, -0.2) is 37.0 Å². The van der Waals surface area contributed by atoms with E-state index in [2.05, 4.69) is 0 Å². The Labute approximate surface area is 112 Å². The molecule has 0 aliphatic heterocycles. The highest BCUT2D eigenvalue weighted by atomic mass is 35.5. The second-order valence-electron chi connectivity index (χ2n) is 4.35. The van der Waals surface area contributed by atoms with Gasteiger partial charge in [0.1, 0.15) is 4.90 Å². The number of aliphatic hydroxyl groups is 1. The summed E-state index contributed by atoms with van der Waals surface area (Å²) in [5.41, 5.74) is 0. The van der Waals surface area contributed by atoms with E-state index in [9.17, 15) is 8.42 Å². The summed E-state index contributed by atoms with van der Waals surface area (Å²) in [6, 6.07) is 6.41. The quantitative estimate of drug-likeness (QED) is 0.900. The molecular weight excluding hydrogens is 274 g/mol. The van der Waals surface area contributed by atoms with Crippen molar-refractivity contribution < 1.29 is 13.5 Å². The van der Waals surface area contributed by atoms with Crippen LogP contribution in [0.25, 0.3) is 0 Å². The number of hydrogen-bond acceptors (Lipinski definition) is 3. The Balaban J connectivity index is 2.36. The Bertz CT molecular complexity index is 514. The van der Waals surface area contributed by atoms with E-state index in [1.807, 2.05) is 0 Å². The molecule has 100 valence electrons. The van der Waals surface area contributed by atoms with Crippen molar-refractivity contribution in [1.82, 2.24) is 4.31 Å². The number of nitrogens with zero attached hydrogens (tertiary/aromatic N) is 1. The molecule has 1 aliphatic carbocycles. The molecule has 1 N–H and O–H groups in total. The first-order chi connectivity index (χ1) is 8.57. The van der Waals surface area contributed by atoms with Crippen molar-refractivity contribution in [2.24, 2.45) is 0 Å². The lowest BCUT2D eigenvalue weighted by Crippen LogP contribution is -2.45. The van der Waals surface area contributed by atoms with Gasteiger partial charge in [-0.1, -0.05) is 30.2 Å². The molecule has 1 saturated carbocycles. The summed E-state index contributed by atoms with van der Waals surface area (Å²) in [4.78, 5) is 0.118. The molecule has 0 atom stereocenters. The lowest BCUT2D eigenvalue weighted by molar-refractivity contribution is 0.178. The van der Waals surface area contributed by atoms with Gasteiger partial charge in [-0.3, -0.25) is 0 Å². The summed E-state index contributed by atoms with van der Waals surface area (Å²) < 4.78 is 26.4. The predicted octanol–water partition coefficient (Wildman–Crippen LogP) is 1.88. The first-order valence-corrected chi connectivity index (χ1v) is 7.76. The summed E-state index contributed by atoms with van der Waals surface area (Å²) in [5, 5.41) is 9.27. The summed E-state index contributed by atoms with van der Waals surface area (Å²) in [5.74, 6) is 0. The van der Waals surface area contributed by atoms with Crippen molar-refractivity contribution in [3.63, 3.8) is 0 Å². The fourth-order valence-corrected chi connectivity index (χ4v) is 4.22. The molecule has 0 heterocycles. The third-order valence-electron chi connectivity index (χ3n) is 3.23. The third kappa shape index (κ3) is 2.54. The predicted molar refractivity (Wildman–Crippen MR) is 70.1 cm³/mol. The Morgan fingerprint density at radius 3 is 2.50 bits per heavy atom. The molecule has 0 radical (unpaired) electrons. The average Bonchev–Trinajstić information content (AvgIpc) is 2.26. The van der Waals surface area contributed by atoms with Crippen LogP contribution < -0.4 is 0 Å². The average molecular weight is 290 g/mol. The second-order valence-corrected chi connectivity index (χ2v) is 6.62. The number of sulfonamides is 1. The van der Waals surface area contributed by atoms with Crippen molar-refractivity contribution >= 4 is 21.6 Å². The summed E-state index contributed by atoms with van der Waals surface area (Å²) in [6.45, 7) is -0.0571. The third-order valence-corrected chi connectivity index (χ3v) is 5.68. The van der Waals surface area contributed by atoms with Crippen molar-refractivity contribution in [3.05, 3.63) is 29.3 Å². The first-order valence-electron chi connectivity index (χ1n) is 5.94. The van der Waals surface area contributed by atoms with Crippen LogP contribution in [0.2, 0.25) is 5.02 Å². The van der Waals surface area contributed by atoms with Crippen LogP contribution in [0.1, 0.15) is 19.3 Å². The molecule has 0 spiro atoms. The van der Waals surface area contributed by atoms with Crippen LogP contribution in [0.3, 0.4) is 0 Å². The Morgan fingerprint density at radius 2 is 2.00 bits per heavy atom.